The lowest BCUT2D eigenvalue weighted by Crippen LogP contribution is -2.58. The van der Waals surface area contributed by atoms with Crippen molar-refractivity contribution in [2.75, 3.05) is 6.54 Å². The summed E-state index contributed by atoms with van der Waals surface area (Å²) >= 11 is 0. The maximum atomic E-state index is 13.5. The van der Waals surface area contributed by atoms with Gasteiger partial charge in [-0.25, -0.2) is 4.79 Å². The molecule has 0 aliphatic carbocycles. The summed E-state index contributed by atoms with van der Waals surface area (Å²) in [5.41, 5.74) is 18.0. The number of carboxylic acid groups (broad SMARTS) is 2. The van der Waals surface area contributed by atoms with Crippen molar-refractivity contribution >= 4 is 46.5 Å². The van der Waals surface area contributed by atoms with Crippen LogP contribution >= 0.6 is 0 Å². The highest BCUT2D eigenvalue weighted by Crippen LogP contribution is 2.19. The molecular weight excluding hydrogens is 548 g/mol. The number of rotatable bonds is 17. The lowest BCUT2D eigenvalue weighted by molar-refractivity contribution is -0.143. The van der Waals surface area contributed by atoms with Gasteiger partial charge in [0.05, 0.1) is 6.04 Å². The Bertz CT molecular complexity index is 1290. The second-order valence-corrected chi connectivity index (χ2v) is 10.2. The van der Waals surface area contributed by atoms with E-state index in [0.29, 0.717) is 5.56 Å². The first kappa shape index (κ1) is 33.5. The number of carbonyl (C=O) groups is 5. The van der Waals surface area contributed by atoms with Gasteiger partial charge < -0.3 is 48.3 Å². The Morgan fingerprint density at radius 1 is 0.929 bits per heavy atom. The van der Waals surface area contributed by atoms with E-state index < -0.39 is 59.7 Å². The highest BCUT2D eigenvalue weighted by atomic mass is 16.4. The number of hydrogen-bond acceptors (Lipinski definition) is 7. The Morgan fingerprint density at radius 3 is 2.21 bits per heavy atom. The van der Waals surface area contributed by atoms with Gasteiger partial charge in [-0.2, -0.15) is 0 Å². The fourth-order valence-corrected chi connectivity index (χ4v) is 4.23. The molecule has 0 saturated carbocycles. The lowest BCUT2D eigenvalue weighted by Gasteiger charge is -2.27. The van der Waals surface area contributed by atoms with Crippen LogP contribution in [-0.2, 0) is 30.4 Å². The number of hydrogen-bond donors (Lipinski definition) is 9. The first-order chi connectivity index (χ1) is 19.8. The van der Waals surface area contributed by atoms with Gasteiger partial charge in [0, 0.05) is 36.5 Å². The number of aromatic nitrogens is 1. The fourth-order valence-electron chi connectivity index (χ4n) is 4.23. The second kappa shape index (κ2) is 16.0. The Hall–Kier alpha value is -4.66. The summed E-state index contributed by atoms with van der Waals surface area (Å²) in [5.74, 6) is -5.11. The van der Waals surface area contributed by atoms with Gasteiger partial charge in [0.15, 0.2) is 5.96 Å². The van der Waals surface area contributed by atoms with Crippen LogP contribution in [0.25, 0.3) is 10.9 Å². The minimum atomic E-state index is -1.26. The highest BCUT2D eigenvalue weighted by molar-refractivity contribution is 5.95. The lowest BCUT2D eigenvalue weighted by atomic mass is 9.99. The first-order valence-corrected chi connectivity index (χ1v) is 13.5. The van der Waals surface area contributed by atoms with E-state index in [1.54, 1.807) is 20.0 Å². The molecule has 0 radical (unpaired) electrons. The summed E-state index contributed by atoms with van der Waals surface area (Å²) in [6, 6.07) is 2.61. The molecule has 0 spiro atoms. The number of nitrogens with zero attached hydrogens (tertiary/aromatic N) is 1. The van der Waals surface area contributed by atoms with Crippen molar-refractivity contribution in [3.63, 3.8) is 0 Å². The van der Waals surface area contributed by atoms with Gasteiger partial charge in [0.25, 0.3) is 0 Å². The molecule has 0 fully saturated rings. The molecule has 2 aromatic rings. The molecule has 0 bridgehead atoms. The zero-order chi connectivity index (χ0) is 31.4. The Balaban J connectivity index is 2.23. The van der Waals surface area contributed by atoms with E-state index in [1.807, 2.05) is 24.3 Å². The smallest absolute Gasteiger partial charge is 0.326 e. The molecule has 0 saturated heterocycles. The Morgan fingerprint density at radius 2 is 1.60 bits per heavy atom. The molecule has 4 atom stereocenters. The minimum absolute atomic E-state index is 0.0300. The number of nitrogens with two attached hydrogens (primary N) is 3. The predicted octanol–water partition coefficient (Wildman–Crippen LogP) is -0.849. The molecule has 3 amide bonds. The third kappa shape index (κ3) is 10.4. The zero-order valence-corrected chi connectivity index (χ0v) is 23.6. The number of aliphatic imine (C=N–C) groups is 1. The van der Waals surface area contributed by atoms with Crippen molar-refractivity contribution in [3.05, 3.63) is 36.0 Å². The van der Waals surface area contributed by atoms with Crippen LogP contribution in [0.3, 0.4) is 0 Å². The molecule has 4 unspecified atom stereocenters. The maximum Gasteiger partial charge on any atom is 0.326 e. The Kier molecular flexibility index (Phi) is 12.7. The van der Waals surface area contributed by atoms with Crippen LogP contribution < -0.4 is 33.2 Å². The number of guanidine groups is 1. The number of carboxylic acids is 2. The first-order valence-electron chi connectivity index (χ1n) is 13.5. The molecule has 15 heteroatoms. The van der Waals surface area contributed by atoms with Gasteiger partial charge >= 0.3 is 11.9 Å². The van der Waals surface area contributed by atoms with Gasteiger partial charge in [0.2, 0.25) is 17.7 Å². The molecule has 0 aliphatic rings. The normalized spacial score (nSPS) is 13.9. The van der Waals surface area contributed by atoms with Crippen LogP contribution in [-0.4, -0.2) is 81.5 Å². The van der Waals surface area contributed by atoms with E-state index in [9.17, 15) is 29.1 Å². The number of para-hydroxylation sites is 1. The van der Waals surface area contributed by atoms with E-state index >= 15 is 0 Å². The van der Waals surface area contributed by atoms with E-state index in [0.717, 1.165) is 10.9 Å². The third-order valence-corrected chi connectivity index (χ3v) is 6.54. The molecule has 42 heavy (non-hydrogen) atoms. The summed E-state index contributed by atoms with van der Waals surface area (Å²) < 4.78 is 0. The number of fused-ring (bicyclic) bond motifs is 1. The number of aliphatic carboxylic acids is 2. The molecule has 1 aromatic carbocycles. The number of H-pyrrole nitrogens is 1. The summed E-state index contributed by atoms with van der Waals surface area (Å²) in [6.07, 6.45) is 1.59. The summed E-state index contributed by atoms with van der Waals surface area (Å²) in [5, 5.41) is 27.0. The van der Waals surface area contributed by atoms with E-state index in [-0.39, 0.29) is 44.6 Å². The average molecular weight is 589 g/mol. The molecule has 0 aliphatic heterocycles. The average Bonchev–Trinajstić information content (AvgIpc) is 3.33. The van der Waals surface area contributed by atoms with Crippen molar-refractivity contribution in [3.8, 4) is 0 Å². The number of carbonyl (C=O) groups excluding carboxylic acids is 3. The van der Waals surface area contributed by atoms with Crippen LogP contribution in [0.4, 0.5) is 0 Å². The van der Waals surface area contributed by atoms with Crippen LogP contribution in [0.2, 0.25) is 0 Å². The minimum Gasteiger partial charge on any atom is -0.481 e. The van der Waals surface area contributed by atoms with Crippen LogP contribution in [0.15, 0.2) is 35.5 Å². The molecule has 1 heterocycles. The summed E-state index contributed by atoms with van der Waals surface area (Å²) in [6.45, 7) is 3.53. The van der Waals surface area contributed by atoms with E-state index in [2.05, 4.69) is 25.9 Å². The maximum absolute atomic E-state index is 13.5. The van der Waals surface area contributed by atoms with Crippen molar-refractivity contribution < 1.29 is 34.2 Å². The molecule has 12 N–H and O–H groups in total. The molecule has 15 nitrogen and oxygen atoms in total. The van der Waals surface area contributed by atoms with Gasteiger partial charge in [-0.3, -0.25) is 24.2 Å². The van der Waals surface area contributed by atoms with Gasteiger partial charge in [-0.05, 0) is 36.8 Å². The van der Waals surface area contributed by atoms with E-state index in [1.165, 1.54) is 0 Å². The van der Waals surface area contributed by atoms with Crippen molar-refractivity contribution in [1.82, 2.24) is 20.9 Å². The fraction of sp³-hybridized carbons (Fsp3) is 0.481. The molecule has 2 rings (SSSR count). The van der Waals surface area contributed by atoms with Gasteiger partial charge in [-0.15, -0.1) is 0 Å². The number of amides is 3. The number of benzene rings is 1. The molecule has 1 aromatic heterocycles. The van der Waals surface area contributed by atoms with Crippen molar-refractivity contribution in [2.24, 2.45) is 28.1 Å². The monoisotopic (exact) mass is 588 g/mol. The molecular formula is C27H40N8O7. The van der Waals surface area contributed by atoms with E-state index in [4.69, 9.17) is 22.3 Å². The van der Waals surface area contributed by atoms with Gasteiger partial charge in [0.1, 0.15) is 18.1 Å². The summed E-state index contributed by atoms with van der Waals surface area (Å²) in [7, 11) is 0. The van der Waals surface area contributed by atoms with Crippen LogP contribution in [0.5, 0.6) is 0 Å². The Labute approximate surface area is 242 Å². The van der Waals surface area contributed by atoms with Crippen molar-refractivity contribution in [2.45, 2.75) is 70.1 Å². The van der Waals surface area contributed by atoms with Crippen LogP contribution in [0.1, 0.15) is 45.1 Å². The quantitative estimate of drug-likeness (QED) is 0.0627. The third-order valence-electron chi connectivity index (χ3n) is 6.54. The van der Waals surface area contributed by atoms with Gasteiger partial charge in [-0.1, -0.05) is 32.0 Å². The number of nitrogens with one attached hydrogen (secondary N) is 4. The standard InChI is InChI=1S/C27H40N8O7/c1-14(2)22(25(40)33-19(26(41)42)8-5-11-31-27(29)30)35-24(39)20(34-23(38)17(28)9-10-21(36)37)12-15-13-32-18-7-4-3-6-16(15)18/h3-4,6-7,13-14,17,19-20,22,32H,5,8-12,28H2,1-2H3,(H,33,40)(H,34,38)(H,35,39)(H,36,37)(H,41,42)(H4,29,30,31). The van der Waals surface area contributed by atoms with Crippen LogP contribution in [0, 0.1) is 5.92 Å². The largest absolute Gasteiger partial charge is 0.481 e. The highest BCUT2D eigenvalue weighted by Gasteiger charge is 2.32. The summed E-state index contributed by atoms with van der Waals surface area (Å²) in [4.78, 5) is 69.1. The topological polar surface area (TPSA) is 268 Å². The molecule has 230 valence electrons. The van der Waals surface area contributed by atoms with Crippen molar-refractivity contribution in [1.29, 1.82) is 0 Å². The zero-order valence-electron chi connectivity index (χ0n) is 23.6. The second-order valence-electron chi connectivity index (χ2n) is 10.2. The predicted molar refractivity (Wildman–Crippen MR) is 155 cm³/mol. The SMILES string of the molecule is CC(C)C(NC(=O)C(Cc1c[nH]c2ccccc12)NC(=O)C(N)CCC(=O)O)C(=O)NC(CCCN=C(N)N)C(=O)O. The number of aromatic amines is 1.